The molecular formula is C6H11NS. The maximum absolute atomic E-state index is 3.29. The summed E-state index contributed by atoms with van der Waals surface area (Å²) in [5, 5.41) is 4.64. The Balaban J connectivity index is 2.37. The molecule has 0 saturated carbocycles. The Morgan fingerprint density at radius 1 is 1.75 bits per heavy atom. The first-order chi connectivity index (χ1) is 3.93. The monoisotopic (exact) mass is 129 g/mol. The Morgan fingerprint density at radius 3 is 3.00 bits per heavy atom. The van der Waals surface area contributed by atoms with Crippen molar-refractivity contribution >= 4 is 11.8 Å². The van der Waals surface area contributed by atoms with Crippen molar-refractivity contribution in [1.82, 2.24) is 5.32 Å². The maximum atomic E-state index is 3.29. The van der Waals surface area contributed by atoms with Crippen LogP contribution in [-0.2, 0) is 0 Å². The number of nitrogens with one attached hydrogen (secondary N) is 1. The Hall–Kier alpha value is -0.110. The van der Waals surface area contributed by atoms with E-state index in [1.807, 2.05) is 0 Å². The zero-order chi connectivity index (χ0) is 5.82. The van der Waals surface area contributed by atoms with E-state index in [2.05, 4.69) is 17.6 Å². The van der Waals surface area contributed by atoms with Gasteiger partial charge in [-0.15, -0.1) is 11.8 Å². The Labute approximate surface area is 54.5 Å². The summed E-state index contributed by atoms with van der Waals surface area (Å²) >= 11 is 1.80. The smallest absolute Gasteiger partial charge is 0.0637 e. The lowest BCUT2D eigenvalue weighted by Crippen LogP contribution is -2.15. The van der Waals surface area contributed by atoms with E-state index in [0.29, 0.717) is 0 Å². The van der Waals surface area contributed by atoms with Crippen LogP contribution in [0.4, 0.5) is 0 Å². The molecule has 1 aliphatic heterocycles. The first-order valence-electron chi connectivity index (χ1n) is 2.91. The lowest BCUT2D eigenvalue weighted by atomic mass is 10.2. The predicted molar refractivity (Wildman–Crippen MR) is 38.8 cm³/mol. The Bertz CT molecular complexity index is 98.7. The normalized spacial score (nSPS) is 19.4. The fourth-order valence-electron chi connectivity index (χ4n) is 0.774. The van der Waals surface area contributed by atoms with E-state index in [1.54, 1.807) is 11.8 Å². The van der Waals surface area contributed by atoms with Crippen LogP contribution in [0.15, 0.2) is 11.1 Å². The molecule has 2 heteroatoms. The van der Waals surface area contributed by atoms with Gasteiger partial charge in [-0.3, -0.25) is 0 Å². The van der Waals surface area contributed by atoms with E-state index in [4.69, 9.17) is 0 Å². The van der Waals surface area contributed by atoms with Gasteiger partial charge in [0.25, 0.3) is 0 Å². The maximum Gasteiger partial charge on any atom is 0.0637 e. The fourth-order valence-corrected chi connectivity index (χ4v) is 1.31. The van der Waals surface area contributed by atoms with Gasteiger partial charge in [-0.25, -0.2) is 0 Å². The van der Waals surface area contributed by atoms with E-state index >= 15 is 0 Å². The molecule has 46 valence electrons. The molecule has 0 unspecified atom stereocenters. The van der Waals surface area contributed by atoms with Gasteiger partial charge in [-0.05, 0) is 19.1 Å². The molecule has 0 saturated heterocycles. The highest BCUT2D eigenvalue weighted by Crippen LogP contribution is 2.12. The second-order valence-corrected chi connectivity index (χ2v) is 2.69. The topological polar surface area (TPSA) is 12.0 Å². The van der Waals surface area contributed by atoms with Crippen LogP contribution in [-0.4, -0.2) is 12.8 Å². The second-order valence-electron chi connectivity index (χ2n) is 1.84. The highest BCUT2D eigenvalue weighted by molar-refractivity contribution is 8.02. The third kappa shape index (κ3) is 1.44. The molecule has 0 radical (unpaired) electrons. The summed E-state index contributed by atoms with van der Waals surface area (Å²) in [6.45, 7) is 1.16. The molecule has 1 nitrogen and oxygen atoms in total. The molecular weight excluding hydrogens is 118 g/mol. The van der Waals surface area contributed by atoms with Gasteiger partial charge in [0.15, 0.2) is 0 Å². The summed E-state index contributed by atoms with van der Waals surface area (Å²) in [6, 6.07) is 0. The summed E-state index contributed by atoms with van der Waals surface area (Å²) in [5.74, 6) is 0. The van der Waals surface area contributed by atoms with Crippen LogP contribution in [0.2, 0.25) is 0 Å². The minimum absolute atomic E-state index is 1.16. The van der Waals surface area contributed by atoms with Crippen molar-refractivity contribution in [2.45, 2.75) is 12.8 Å². The molecule has 8 heavy (non-hydrogen) atoms. The third-order valence-electron chi connectivity index (χ3n) is 1.23. The van der Waals surface area contributed by atoms with Gasteiger partial charge in [0, 0.05) is 6.54 Å². The van der Waals surface area contributed by atoms with Gasteiger partial charge < -0.3 is 5.32 Å². The summed E-state index contributed by atoms with van der Waals surface area (Å²) in [5.41, 5.74) is 0. The van der Waals surface area contributed by atoms with Crippen LogP contribution in [0.5, 0.6) is 0 Å². The SMILES string of the molecule is CSC1=CCCCN1. The molecule has 1 N–H and O–H groups in total. The van der Waals surface area contributed by atoms with Crippen molar-refractivity contribution in [2.24, 2.45) is 0 Å². The third-order valence-corrected chi connectivity index (χ3v) is 1.98. The highest BCUT2D eigenvalue weighted by atomic mass is 32.2. The number of hydrogen-bond acceptors (Lipinski definition) is 2. The molecule has 0 amide bonds. The molecule has 0 aromatic rings. The molecule has 0 aliphatic carbocycles. The van der Waals surface area contributed by atoms with Gasteiger partial charge in [-0.2, -0.15) is 0 Å². The standard InChI is InChI=1S/C6H11NS/c1-8-6-4-2-3-5-7-6/h4,7H,2-3,5H2,1H3. The molecule has 1 rings (SSSR count). The Morgan fingerprint density at radius 2 is 2.62 bits per heavy atom. The predicted octanol–water partition coefficient (Wildman–Crippen LogP) is 1.57. The van der Waals surface area contributed by atoms with Gasteiger partial charge in [0.05, 0.1) is 5.03 Å². The van der Waals surface area contributed by atoms with Gasteiger partial charge in [0.1, 0.15) is 0 Å². The molecule has 1 aliphatic rings. The van der Waals surface area contributed by atoms with Crippen molar-refractivity contribution in [2.75, 3.05) is 12.8 Å². The van der Waals surface area contributed by atoms with E-state index in [1.165, 1.54) is 17.9 Å². The summed E-state index contributed by atoms with van der Waals surface area (Å²) < 4.78 is 0. The second kappa shape index (κ2) is 3.02. The number of hydrogen-bond donors (Lipinski definition) is 1. The first kappa shape index (κ1) is 6.02. The van der Waals surface area contributed by atoms with Crippen LogP contribution in [0.3, 0.4) is 0 Å². The Kier molecular flexibility index (Phi) is 2.27. The average Bonchev–Trinajstić information content (AvgIpc) is 1.90. The van der Waals surface area contributed by atoms with Crippen LogP contribution in [0.25, 0.3) is 0 Å². The fraction of sp³-hybridized carbons (Fsp3) is 0.667. The molecule has 0 spiro atoms. The van der Waals surface area contributed by atoms with E-state index in [9.17, 15) is 0 Å². The zero-order valence-electron chi connectivity index (χ0n) is 5.11. The summed E-state index contributed by atoms with van der Waals surface area (Å²) in [7, 11) is 0. The lowest BCUT2D eigenvalue weighted by molar-refractivity contribution is 0.719. The van der Waals surface area contributed by atoms with Crippen molar-refractivity contribution in [3.8, 4) is 0 Å². The number of allylic oxidation sites excluding steroid dienone is 1. The largest absolute Gasteiger partial charge is 0.380 e. The van der Waals surface area contributed by atoms with Crippen LogP contribution in [0, 0.1) is 0 Å². The minimum atomic E-state index is 1.16. The number of rotatable bonds is 1. The quantitative estimate of drug-likeness (QED) is 0.577. The van der Waals surface area contributed by atoms with Crippen LogP contribution in [0.1, 0.15) is 12.8 Å². The van der Waals surface area contributed by atoms with Gasteiger partial charge in [0.2, 0.25) is 0 Å². The van der Waals surface area contributed by atoms with E-state index in [0.717, 1.165) is 6.54 Å². The lowest BCUT2D eigenvalue weighted by Gasteiger charge is -2.11. The number of thioether (sulfide) groups is 1. The molecule has 0 bridgehead atoms. The van der Waals surface area contributed by atoms with Crippen molar-refractivity contribution < 1.29 is 0 Å². The summed E-state index contributed by atoms with van der Waals surface area (Å²) in [6.07, 6.45) is 6.91. The average molecular weight is 129 g/mol. The highest BCUT2D eigenvalue weighted by Gasteiger charge is 1.97. The van der Waals surface area contributed by atoms with Crippen LogP contribution >= 0.6 is 11.8 Å². The van der Waals surface area contributed by atoms with Gasteiger partial charge in [-0.1, -0.05) is 6.08 Å². The van der Waals surface area contributed by atoms with E-state index in [-0.39, 0.29) is 0 Å². The molecule has 1 heterocycles. The zero-order valence-corrected chi connectivity index (χ0v) is 5.92. The summed E-state index contributed by atoms with van der Waals surface area (Å²) in [4.78, 5) is 0. The van der Waals surface area contributed by atoms with Crippen molar-refractivity contribution in [1.29, 1.82) is 0 Å². The van der Waals surface area contributed by atoms with Crippen molar-refractivity contribution in [3.05, 3.63) is 11.1 Å². The molecule has 0 atom stereocenters. The van der Waals surface area contributed by atoms with E-state index < -0.39 is 0 Å². The first-order valence-corrected chi connectivity index (χ1v) is 4.14. The molecule has 0 fully saturated rings. The van der Waals surface area contributed by atoms with Crippen LogP contribution < -0.4 is 5.32 Å². The van der Waals surface area contributed by atoms with Gasteiger partial charge >= 0.3 is 0 Å². The molecule has 0 aromatic carbocycles. The minimum Gasteiger partial charge on any atom is -0.380 e. The van der Waals surface area contributed by atoms with Crippen molar-refractivity contribution in [3.63, 3.8) is 0 Å². The molecule has 0 aromatic heterocycles.